The Morgan fingerprint density at radius 2 is 2.17 bits per heavy atom. The maximum atomic E-state index is 12.8. The van der Waals surface area contributed by atoms with E-state index in [-0.39, 0.29) is 5.91 Å². The summed E-state index contributed by atoms with van der Waals surface area (Å²) < 4.78 is 6.90. The number of aryl methyl sites for hydroxylation is 1. The van der Waals surface area contributed by atoms with Gasteiger partial charge in [0, 0.05) is 24.8 Å². The van der Waals surface area contributed by atoms with E-state index in [9.17, 15) is 4.79 Å². The van der Waals surface area contributed by atoms with E-state index in [1.165, 1.54) is 0 Å². The number of aromatic nitrogens is 2. The normalized spacial score (nSPS) is 15.8. The Kier molecular flexibility index (Phi) is 4.31. The number of carbonyl (C=O) groups excluding carboxylic acids is 1. The highest BCUT2D eigenvalue weighted by Gasteiger charge is 2.46. The highest BCUT2D eigenvalue weighted by Crippen LogP contribution is 2.46. The van der Waals surface area contributed by atoms with Crippen LogP contribution in [0.4, 0.5) is 0 Å². The van der Waals surface area contributed by atoms with E-state index in [2.05, 4.69) is 10.4 Å². The lowest BCUT2D eigenvalue weighted by Gasteiger charge is -2.41. The van der Waals surface area contributed by atoms with Gasteiger partial charge >= 0.3 is 0 Å². The van der Waals surface area contributed by atoms with E-state index in [4.69, 9.17) is 16.3 Å². The molecule has 23 heavy (non-hydrogen) atoms. The average molecular weight is 334 g/mol. The Labute approximate surface area is 140 Å². The van der Waals surface area contributed by atoms with Gasteiger partial charge in [0.15, 0.2) is 0 Å². The van der Waals surface area contributed by atoms with E-state index in [0.717, 1.165) is 30.4 Å². The molecule has 0 aliphatic heterocycles. The highest BCUT2D eigenvalue weighted by molar-refractivity contribution is 6.31. The van der Waals surface area contributed by atoms with Crippen molar-refractivity contribution in [3.63, 3.8) is 0 Å². The summed E-state index contributed by atoms with van der Waals surface area (Å²) in [5.74, 6) is 0.552. The fourth-order valence-corrected chi connectivity index (χ4v) is 3.47. The monoisotopic (exact) mass is 333 g/mol. The number of hydrogen-bond acceptors (Lipinski definition) is 3. The predicted molar refractivity (Wildman–Crippen MR) is 88.6 cm³/mol. The Morgan fingerprint density at radius 3 is 2.78 bits per heavy atom. The lowest BCUT2D eigenvalue weighted by Crippen LogP contribution is -2.49. The lowest BCUT2D eigenvalue weighted by atomic mass is 9.63. The summed E-state index contributed by atoms with van der Waals surface area (Å²) in [6.07, 6.45) is 4.54. The van der Waals surface area contributed by atoms with Gasteiger partial charge in [-0.2, -0.15) is 0 Å². The third kappa shape index (κ3) is 2.81. The second kappa shape index (κ2) is 6.24. The van der Waals surface area contributed by atoms with Crippen LogP contribution in [0, 0.1) is 0 Å². The quantitative estimate of drug-likeness (QED) is 0.915. The van der Waals surface area contributed by atoms with Crippen LogP contribution in [0.3, 0.4) is 0 Å². The maximum Gasteiger partial charge on any atom is 0.237 e. The van der Waals surface area contributed by atoms with Gasteiger partial charge in [-0.05, 0) is 24.5 Å². The number of carbonyl (C=O) groups is 1. The largest absolute Gasteiger partial charge is 0.480 e. The predicted octanol–water partition coefficient (Wildman–Crippen LogP) is 2.82. The first-order chi connectivity index (χ1) is 11.1. The molecule has 1 aliphatic carbocycles. The van der Waals surface area contributed by atoms with Crippen LogP contribution < -0.4 is 10.1 Å². The van der Waals surface area contributed by atoms with Gasteiger partial charge in [0.25, 0.3) is 0 Å². The molecule has 1 amide bonds. The minimum atomic E-state index is -0.506. The van der Waals surface area contributed by atoms with Crippen LogP contribution in [0.5, 0.6) is 5.88 Å². The van der Waals surface area contributed by atoms with Gasteiger partial charge in [-0.15, -0.1) is 5.10 Å². The van der Waals surface area contributed by atoms with Gasteiger partial charge in [0.1, 0.15) is 0 Å². The van der Waals surface area contributed by atoms with E-state index in [1.54, 1.807) is 11.8 Å². The summed E-state index contributed by atoms with van der Waals surface area (Å²) in [6.45, 7) is 0.391. The third-order valence-corrected chi connectivity index (χ3v) is 4.86. The fourth-order valence-electron chi connectivity index (χ4n) is 3.15. The molecule has 0 radical (unpaired) electrons. The number of rotatable bonds is 5. The molecule has 0 unspecified atom stereocenters. The SMILES string of the molecule is COc1nn(C)cc1CNC(=O)C1(c2ccccc2Cl)CCC1. The van der Waals surface area contributed by atoms with Crippen molar-refractivity contribution in [3.8, 4) is 5.88 Å². The summed E-state index contributed by atoms with van der Waals surface area (Å²) in [4.78, 5) is 12.8. The molecular formula is C17H20ClN3O2. The van der Waals surface area contributed by atoms with Crippen molar-refractivity contribution in [3.05, 3.63) is 46.6 Å². The minimum absolute atomic E-state index is 0.0164. The molecule has 0 saturated heterocycles. The van der Waals surface area contributed by atoms with Crippen molar-refractivity contribution in [2.24, 2.45) is 7.05 Å². The van der Waals surface area contributed by atoms with Gasteiger partial charge < -0.3 is 10.1 Å². The first-order valence-corrected chi connectivity index (χ1v) is 8.04. The number of halogens is 1. The van der Waals surface area contributed by atoms with Gasteiger partial charge in [0.2, 0.25) is 11.8 Å². The summed E-state index contributed by atoms with van der Waals surface area (Å²) in [6, 6.07) is 7.61. The average Bonchev–Trinajstić information content (AvgIpc) is 2.86. The summed E-state index contributed by atoms with van der Waals surface area (Å²) in [5.41, 5.74) is 1.27. The molecule has 1 fully saturated rings. The molecule has 1 heterocycles. The molecule has 122 valence electrons. The number of nitrogens with one attached hydrogen (secondary N) is 1. The molecule has 5 nitrogen and oxygen atoms in total. The number of benzene rings is 1. The molecule has 3 rings (SSSR count). The molecule has 0 spiro atoms. The topological polar surface area (TPSA) is 56.1 Å². The lowest BCUT2D eigenvalue weighted by molar-refractivity contribution is -0.130. The number of hydrogen-bond donors (Lipinski definition) is 1. The summed E-state index contributed by atoms with van der Waals surface area (Å²) >= 11 is 6.32. The fraction of sp³-hybridized carbons (Fsp3) is 0.412. The van der Waals surface area contributed by atoms with Crippen molar-refractivity contribution in [2.75, 3.05) is 7.11 Å². The van der Waals surface area contributed by atoms with Crippen LogP contribution in [0.2, 0.25) is 5.02 Å². The standard InChI is InChI=1S/C17H20ClN3O2/c1-21-11-12(15(20-21)23-2)10-19-16(22)17(8-5-9-17)13-6-3-4-7-14(13)18/h3-4,6-7,11H,5,8-10H2,1-2H3,(H,19,22). The third-order valence-electron chi connectivity index (χ3n) is 4.53. The maximum absolute atomic E-state index is 12.8. The Hall–Kier alpha value is -2.01. The molecule has 1 aromatic heterocycles. The van der Waals surface area contributed by atoms with E-state index in [0.29, 0.717) is 17.4 Å². The zero-order valence-corrected chi connectivity index (χ0v) is 14.1. The molecule has 1 saturated carbocycles. The van der Waals surface area contributed by atoms with E-state index in [1.807, 2.05) is 37.5 Å². The molecule has 0 atom stereocenters. The Bertz CT molecular complexity index is 722. The van der Waals surface area contributed by atoms with Crippen molar-refractivity contribution < 1.29 is 9.53 Å². The number of methoxy groups -OCH3 is 1. The van der Waals surface area contributed by atoms with Crippen LogP contribution >= 0.6 is 11.6 Å². The molecule has 1 aromatic carbocycles. The first kappa shape index (κ1) is 15.9. The number of amides is 1. The van der Waals surface area contributed by atoms with Gasteiger partial charge in [-0.1, -0.05) is 36.2 Å². The molecule has 1 aliphatic rings. The Morgan fingerprint density at radius 1 is 1.43 bits per heavy atom. The zero-order valence-electron chi connectivity index (χ0n) is 13.3. The second-order valence-corrected chi connectivity index (χ2v) is 6.34. The van der Waals surface area contributed by atoms with Crippen LogP contribution in [-0.2, 0) is 23.8 Å². The zero-order chi connectivity index (χ0) is 16.4. The van der Waals surface area contributed by atoms with E-state index < -0.39 is 5.41 Å². The van der Waals surface area contributed by atoms with Crippen molar-refractivity contribution in [1.29, 1.82) is 0 Å². The summed E-state index contributed by atoms with van der Waals surface area (Å²) in [7, 11) is 3.40. The molecule has 1 N–H and O–H groups in total. The van der Waals surface area contributed by atoms with E-state index >= 15 is 0 Å². The van der Waals surface area contributed by atoms with Crippen molar-refractivity contribution >= 4 is 17.5 Å². The van der Waals surface area contributed by atoms with Crippen molar-refractivity contribution in [1.82, 2.24) is 15.1 Å². The van der Waals surface area contributed by atoms with Gasteiger partial charge in [-0.25, -0.2) is 0 Å². The smallest absolute Gasteiger partial charge is 0.237 e. The van der Waals surface area contributed by atoms with Crippen LogP contribution in [-0.4, -0.2) is 22.8 Å². The summed E-state index contributed by atoms with van der Waals surface area (Å²) in [5, 5.41) is 7.88. The molecule has 0 bridgehead atoms. The Balaban J connectivity index is 1.77. The molecule has 2 aromatic rings. The number of nitrogens with zero attached hydrogens (tertiary/aromatic N) is 2. The first-order valence-electron chi connectivity index (χ1n) is 7.66. The van der Waals surface area contributed by atoms with Crippen LogP contribution in [0.1, 0.15) is 30.4 Å². The van der Waals surface area contributed by atoms with Gasteiger partial charge in [-0.3, -0.25) is 9.48 Å². The molecular weight excluding hydrogens is 314 g/mol. The van der Waals surface area contributed by atoms with Crippen LogP contribution in [0.25, 0.3) is 0 Å². The van der Waals surface area contributed by atoms with Gasteiger partial charge in [0.05, 0.1) is 18.1 Å². The highest BCUT2D eigenvalue weighted by atomic mass is 35.5. The minimum Gasteiger partial charge on any atom is -0.480 e. The van der Waals surface area contributed by atoms with Crippen LogP contribution in [0.15, 0.2) is 30.5 Å². The van der Waals surface area contributed by atoms with Crippen molar-refractivity contribution in [2.45, 2.75) is 31.2 Å². The molecule has 6 heteroatoms. The second-order valence-electron chi connectivity index (χ2n) is 5.94. The number of ether oxygens (including phenoxy) is 1.